The molecule has 1 aliphatic rings. The van der Waals surface area contributed by atoms with Crippen molar-refractivity contribution in [1.82, 2.24) is 5.32 Å². The van der Waals surface area contributed by atoms with Gasteiger partial charge < -0.3 is 14.8 Å². The molecule has 0 amide bonds. The summed E-state index contributed by atoms with van der Waals surface area (Å²) in [7, 11) is 1.95. The molecule has 0 aliphatic carbocycles. The maximum atomic E-state index is 6.05. The summed E-state index contributed by atoms with van der Waals surface area (Å²) in [6.07, 6.45) is -0.0256. The van der Waals surface area contributed by atoms with Gasteiger partial charge in [-0.3, -0.25) is 0 Å². The van der Waals surface area contributed by atoms with Crippen LogP contribution in [0.3, 0.4) is 0 Å². The maximum absolute atomic E-state index is 6.05. The highest BCUT2D eigenvalue weighted by Crippen LogP contribution is 2.34. The predicted octanol–water partition coefficient (Wildman–Crippen LogP) is 2.79. The Morgan fingerprint density at radius 2 is 1.68 bits per heavy atom. The van der Waals surface area contributed by atoms with E-state index in [2.05, 4.69) is 17.4 Å². The van der Waals surface area contributed by atoms with E-state index >= 15 is 0 Å². The van der Waals surface area contributed by atoms with E-state index in [1.165, 1.54) is 5.56 Å². The number of likely N-dealkylation sites (N-methyl/N-ethyl adjacent to an activating group) is 1. The van der Waals surface area contributed by atoms with E-state index in [9.17, 15) is 0 Å². The maximum Gasteiger partial charge on any atom is 0.161 e. The first kappa shape index (κ1) is 12.1. The summed E-state index contributed by atoms with van der Waals surface area (Å²) in [5.41, 5.74) is 1.21. The molecule has 2 aromatic rings. The van der Waals surface area contributed by atoms with Crippen molar-refractivity contribution in [3.8, 4) is 11.5 Å². The van der Waals surface area contributed by atoms with Gasteiger partial charge in [0, 0.05) is 0 Å². The fourth-order valence-corrected chi connectivity index (χ4v) is 2.43. The van der Waals surface area contributed by atoms with E-state index in [-0.39, 0.29) is 12.1 Å². The third kappa shape index (κ3) is 2.42. The first-order valence-electron chi connectivity index (χ1n) is 6.49. The fraction of sp³-hybridized carbons (Fsp3) is 0.250. The molecule has 98 valence electrons. The Balaban J connectivity index is 1.83. The molecule has 1 aliphatic heterocycles. The Morgan fingerprint density at radius 1 is 1.00 bits per heavy atom. The van der Waals surface area contributed by atoms with Gasteiger partial charge in [0.2, 0.25) is 0 Å². The zero-order valence-electron chi connectivity index (χ0n) is 10.9. The minimum atomic E-state index is -0.0256. The van der Waals surface area contributed by atoms with Gasteiger partial charge in [-0.05, 0) is 24.7 Å². The van der Waals surface area contributed by atoms with Crippen molar-refractivity contribution < 1.29 is 9.47 Å². The predicted molar refractivity (Wildman–Crippen MR) is 74.6 cm³/mol. The first-order chi connectivity index (χ1) is 9.38. The monoisotopic (exact) mass is 255 g/mol. The Hall–Kier alpha value is -2.00. The Bertz CT molecular complexity index is 541. The second-order valence-electron chi connectivity index (χ2n) is 4.59. The van der Waals surface area contributed by atoms with E-state index in [0.717, 1.165) is 11.5 Å². The lowest BCUT2D eigenvalue weighted by Crippen LogP contribution is -2.40. The average molecular weight is 255 g/mol. The average Bonchev–Trinajstić information content (AvgIpc) is 2.49. The zero-order chi connectivity index (χ0) is 13.1. The van der Waals surface area contributed by atoms with Crippen LogP contribution in [0.5, 0.6) is 11.5 Å². The van der Waals surface area contributed by atoms with Crippen LogP contribution in [0.4, 0.5) is 0 Å². The van der Waals surface area contributed by atoms with Crippen LogP contribution in [0.15, 0.2) is 54.6 Å². The van der Waals surface area contributed by atoms with Crippen LogP contribution in [0.1, 0.15) is 11.6 Å². The second kappa shape index (κ2) is 5.33. The van der Waals surface area contributed by atoms with Crippen molar-refractivity contribution in [2.45, 2.75) is 12.1 Å². The van der Waals surface area contributed by atoms with Gasteiger partial charge in [0.15, 0.2) is 17.6 Å². The van der Waals surface area contributed by atoms with Gasteiger partial charge in [-0.2, -0.15) is 0 Å². The molecule has 1 N–H and O–H groups in total. The third-order valence-electron chi connectivity index (χ3n) is 3.37. The Labute approximate surface area is 113 Å². The largest absolute Gasteiger partial charge is 0.486 e. The van der Waals surface area contributed by atoms with Crippen LogP contribution in [-0.4, -0.2) is 19.8 Å². The van der Waals surface area contributed by atoms with Crippen LogP contribution in [0.2, 0.25) is 0 Å². The highest BCUT2D eigenvalue weighted by atomic mass is 16.6. The summed E-state index contributed by atoms with van der Waals surface area (Å²) in [5.74, 6) is 1.64. The van der Waals surface area contributed by atoms with Crippen molar-refractivity contribution in [1.29, 1.82) is 0 Å². The molecular formula is C16H17NO2. The Morgan fingerprint density at radius 3 is 2.42 bits per heavy atom. The molecule has 2 aromatic carbocycles. The van der Waals surface area contributed by atoms with Gasteiger partial charge in [-0.1, -0.05) is 42.5 Å². The van der Waals surface area contributed by atoms with E-state index in [0.29, 0.717) is 6.61 Å². The second-order valence-corrected chi connectivity index (χ2v) is 4.59. The van der Waals surface area contributed by atoms with Crippen molar-refractivity contribution in [2.75, 3.05) is 13.7 Å². The number of hydrogen-bond acceptors (Lipinski definition) is 3. The molecule has 0 bridgehead atoms. The molecule has 1 heterocycles. The molecule has 2 unspecified atom stereocenters. The molecule has 0 saturated heterocycles. The summed E-state index contributed by atoms with van der Waals surface area (Å²) in [6, 6.07) is 18.2. The van der Waals surface area contributed by atoms with Gasteiger partial charge in [-0.15, -0.1) is 0 Å². The normalized spacial score (nSPS) is 18.9. The summed E-state index contributed by atoms with van der Waals surface area (Å²) >= 11 is 0. The van der Waals surface area contributed by atoms with E-state index in [1.54, 1.807) is 0 Å². The van der Waals surface area contributed by atoms with Crippen LogP contribution < -0.4 is 14.8 Å². The molecular weight excluding hydrogens is 238 g/mol. The molecule has 19 heavy (non-hydrogen) atoms. The number of fused-ring (bicyclic) bond motifs is 1. The zero-order valence-corrected chi connectivity index (χ0v) is 10.9. The van der Waals surface area contributed by atoms with Gasteiger partial charge >= 0.3 is 0 Å². The summed E-state index contributed by atoms with van der Waals surface area (Å²) in [4.78, 5) is 0. The molecule has 0 saturated carbocycles. The number of hydrogen-bond donors (Lipinski definition) is 1. The van der Waals surface area contributed by atoms with Crippen molar-refractivity contribution in [2.24, 2.45) is 0 Å². The van der Waals surface area contributed by atoms with E-state index in [4.69, 9.17) is 9.47 Å². The van der Waals surface area contributed by atoms with Crippen molar-refractivity contribution in [3.05, 3.63) is 60.2 Å². The van der Waals surface area contributed by atoms with Crippen molar-refractivity contribution in [3.63, 3.8) is 0 Å². The molecule has 3 heteroatoms. The number of para-hydroxylation sites is 2. The van der Waals surface area contributed by atoms with Gasteiger partial charge in [0.1, 0.15) is 6.61 Å². The van der Waals surface area contributed by atoms with Crippen LogP contribution in [0.25, 0.3) is 0 Å². The number of benzene rings is 2. The minimum Gasteiger partial charge on any atom is -0.486 e. The van der Waals surface area contributed by atoms with Crippen LogP contribution >= 0.6 is 0 Å². The standard InChI is InChI=1S/C16H17NO2/c1-17-16(12-7-3-2-4-8-12)15-11-18-13-9-5-6-10-14(13)19-15/h2-10,15-17H,11H2,1H3. The minimum absolute atomic E-state index is 0.0256. The first-order valence-corrected chi connectivity index (χ1v) is 6.49. The quantitative estimate of drug-likeness (QED) is 0.914. The lowest BCUT2D eigenvalue weighted by atomic mass is 10.0. The molecule has 0 fully saturated rings. The summed E-state index contributed by atoms with van der Waals surface area (Å²) in [6.45, 7) is 0.553. The molecule has 2 atom stereocenters. The molecule has 0 aromatic heterocycles. The number of rotatable bonds is 3. The summed E-state index contributed by atoms with van der Waals surface area (Å²) < 4.78 is 11.8. The van der Waals surface area contributed by atoms with Crippen LogP contribution in [0, 0.1) is 0 Å². The Kier molecular flexibility index (Phi) is 3.38. The number of ether oxygens (including phenoxy) is 2. The molecule has 3 nitrogen and oxygen atoms in total. The molecule has 0 radical (unpaired) electrons. The van der Waals surface area contributed by atoms with Gasteiger partial charge in [0.25, 0.3) is 0 Å². The smallest absolute Gasteiger partial charge is 0.161 e. The van der Waals surface area contributed by atoms with Gasteiger partial charge in [-0.25, -0.2) is 0 Å². The van der Waals surface area contributed by atoms with E-state index in [1.807, 2.05) is 49.5 Å². The molecule has 3 rings (SSSR count). The topological polar surface area (TPSA) is 30.5 Å². The van der Waals surface area contributed by atoms with Gasteiger partial charge in [0.05, 0.1) is 6.04 Å². The lowest BCUT2D eigenvalue weighted by molar-refractivity contribution is 0.0638. The number of nitrogens with one attached hydrogen (secondary N) is 1. The lowest BCUT2D eigenvalue weighted by Gasteiger charge is -2.32. The molecule has 0 spiro atoms. The van der Waals surface area contributed by atoms with Crippen molar-refractivity contribution >= 4 is 0 Å². The highest BCUT2D eigenvalue weighted by molar-refractivity contribution is 5.41. The summed E-state index contributed by atoms with van der Waals surface area (Å²) in [5, 5.41) is 3.31. The van der Waals surface area contributed by atoms with Crippen LogP contribution in [-0.2, 0) is 0 Å². The fourth-order valence-electron chi connectivity index (χ4n) is 2.43. The highest BCUT2D eigenvalue weighted by Gasteiger charge is 2.28. The SMILES string of the molecule is CNC(c1ccccc1)C1COc2ccccc2O1. The third-order valence-corrected chi connectivity index (χ3v) is 3.37. The van der Waals surface area contributed by atoms with E-state index < -0.39 is 0 Å².